The summed E-state index contributed by atoms with van der Waals surface area (Å²) in [7, 11) is 1.98. The van der Waals surface area contributed by atoms with Crippen molar-refractivity contribution < 1.29 is 9.90 Å². The molecule has 2 aromatic rings. The third-order valence-corrected chi connectivity index (χ3v) is 4.66. The molecule has 22 heavy (non-hydrogen) atoms. The van der Waals surface area contributed by atoms with Crippen LogP contribution < -0.4 is 4.90 Å². The highest BCUT2D eigenvalue weighted by Crippen LogP contribution is 2.34. The van der Waals surface area contributed by atoms with Crippen molar-refractivity contribution in [3.05, 3.63) is 34.5 Å². The number of aromatic nitrogens is 2. The van der Waals surface area contributed by atoms with Crippen molar-refractivity contribution in [3.63, 3.8) is 0 Å². The van der Waals surface area contributed by atoms with E-state index in [-0.39, 0.29) is 6.04 Å². The lowest BCUT2D eigenvalue weighted by Crippen LogP contribution is -2.28. The van der Waals surface area contributed by atoms with Crippen molar-refractivity contribution in [1.29, 1.82) is 0 Å². The summed E-state index contributed by atoms with van der Waals surface area (Å²) in [5.41, 5.74) is 2.56. The van der Waals surface area contributed by atoms with Crippen molar-refractivity contribution in [2.24, 2.45) is 0 Å². The number of hydrogen-bond donors (Lipinski definition) is 1. The molecule has 3 rings (SSSR count). The number of carbonyl (C=O) groups is 1. The third kappa shape index (κ3) is 2.50. The van der Waals surface area contributed by atoms with Crippen molar-refractivity contribution in [3.8, 4) is 10.6 Å². The molecule has 0 radical (unpaired) electrons. The smallest absolute Gasteiger partial charge is 0.332 e. The predicted molar refractivity (Wildman–Crippen MR) is 88.2 cm³/mol. The van der Waals surface area contributed by atoms with Crippen molar-refractivity contribution in [2.45, 2.75) is 26.3 Å². The van der Waals surface area contributed by atoms with Crippen LogP contribution in [0.3, 0.4) is 0 Å². The number of nitrogens with zero attached hydrogens (tertiary/aromatic N) is 3. The van der Waals surface area contributed by atoms with Crippen LogP contribution in [0.2, 0.25) is 0 Å². The summed E-state index contributed by atoms with van der Waals surface area (Å²) in [5.74, 6) is -0.104. The highest BCUT2D eigenvalue weighted by molar-refractivity contribution is 7.13. The molecule has 0 saturated heterocycles. The molecular formula is C16H17N3O2S. The third-order valence-electron chi connectivity index (χ3n) is 3.79. The first-order valence-electron chi connectivity index (χ1n) is 7.09. The molecule has 5 nitrogen and oxygen atoms in total. The Kier molecular flexibility index (Phi) is 3.70. The van der Waals surface area contributed by atoms with Crippen LogP contribution in [0.25, 0.3) is 16.6 Å². The monoisotopic (exact) mass is 315 g/mol. The van der Waals surface area contributed by atoms with E-state index in [1.54, 1.807) is 17.4 Å². The zero-order valence-electron chi connectivity index (χ0n) is 12.7. The summed E-state index contributed by atoms with van der Waals surface area (Å²) in [5, 5.41) is 11.2. The molecule has 0 spiro atoms. The van der Waals surface area contributed by atoms with Crippen molar-refractivity contribution >= 4 is 29.2 Å². The van der Waals surface area contributed by atoms with Crippen LogP contribution in [-0.4, -0.2) is 34.1 Å². The summed E-state index contributed by atoms with van der Waals surface area (Å²) < 4.78 is 0. The summed E-state index contributed by atoms with van der Waals surface area (Å²) >= 11 is 1.61. The molecule has 0 aromatic carbocycles. The molecule has 0 bridgehead atoms. The van der Waals surface area contributed by atoms with E-state index < -0.39 is 5.97 Å². The molecule has 0 amide bonds. The maximum Gasteiger partial charge on any atom is 0.332 e. The quantitative estimate of drug-likeness (QED) is 0.939. The molecule has 0 aliphatic heterocycles. The number of fused-ring (bicyclic) bond motifs is 1. The molecule has 0 unspecified atom stereocenters. The molecule has 1 N–H and O–H groups in total. The normalized spacial score (nSPS) is 13.2. The molecule has 1 aliphatic carbocycles. The topological polar surface area (TPSA) is 66.3 Å². The van der Waals surface area contributed by atoms with E-state index in [4.69, 9.17) is 9.97 Å². The van der Waals surface area contributed by atoms with E-state index in [1.807, 2.05) is 24.6 Å². The molecule has 0 atom stereocenters. The van der Waals surface area contributed by atoms with Gasteiger partial charge in [0.15, 0.2) is 5.82 Å². The van der Waals surface area contributed by atoms with E-state index in [9.17, 15) is 9.90 Å². The Morgan fingerprint density at radius 2 is 2.18 bits per heavy atom. The first kappa shape index (κ1) is 14.7. The molecule has 1 aliphatic rings. The summed E-state index contributed by atoms with van der Waals surface area (Å²) in [6.07, 6.45) is 1.96. The van der Waals surface area contributed by atoms with E-state index in [1.165, 1.54) is 0 Å². The minimum absolute atomic E-state index is 0.277. The Bertz CT molecular complexity index is 751. The van der Waals surface area contributed by atoms with Gasteiger partial charge < -0.3 is 10.0 Å². The first-order valence-corrected chi connectivity index (χ1v) is 7.97. The van der Waals surface area contributed by atoms with E-state index in [0.717, 1.165) is 22.1 Å². The van der Waals surface area contributed by atoms with Crippen LogP contribution in [0.5, 0.6) is 0 Å². The maximum absolute atomic E-state index is 11.2. The van der Waals surface area contributed by atoms with Gasteiger partial charge in [-0.15, -0.1) is 11.3 Å². The van der Waals surface area contributed by atoms with E-state index in [2.05, 4.69) is 18.7 Å². The van der Waals surface area contributed by atoms with Gasteiger partial charge in [-0.3, -0.25) is 0 Å². The molecule has 2 heterocycles. The van der Waals surface area contributed by atoms with Gasteiger partial charge in [-0.05, 0) is 31.4 Å². The fraction of sp³-hybridized carbons (Fsp3) is 0.312. The lowest BCUT2D eigenvalue weighted by molar-refractivity contribution is -0.132. The lowest BCUT2D eigenvalue weighted by atomic mass is 10.2. The number of thiophene rings is 1. The van der Waals surface area contributed by atoms with Crippen LogP contribution in [-0.2, 0) is 11.2 Å². The van der Waals surface area contributed by atoms with E-state index in [0.29, 0.717) is 17.7 Å². The zero-order chi connectivity index (χ0) is 15.9. The van der Waals surface area contributed by atoms with Crippen LogP contribution in [0.4, 0.5) is 5.82 Å². The second-order valence-electron chi connectivity index (χ2n) is 5.56. The number of carboxylic acids is 1. The predicted octanol–water partition coefficient (Wildman–Crippen LogP) is 3.07. The molecular weight excluding hydrogens is 298 g/mol. The molecule has 2 aromatic heterocycles. The number of rotatable bonds is 4. The van der Waals surface area contributed by atoms with Gasteiger partial charge in [0, 0.05) is 25.1 Å². The molecule has 0 saturated carbocycles. The highest BCUT2D eigenvalue weighted by atomic mass is 32.1. The Labute approximate surface area is 133 Å². The Hall–Kier alpha value is -2.21. The van der Waals surface area contributed by atoms with Gasteiger partial charge in [-0.25, -0.2) is 14.8 Å². The minimum atomic E-state index is -0.906. The fourth-order valence-electron chi connectivity index (χ4n) is 2.32. The Balaban J connectivity index is 2.14. The van der Waals surface area contributed by atoms with Gasteiger partial charge in [-0.1, -0.05) is 6.07 Å². The lowest BCUT2D eigenvalue weighted by Gasteiger charge is -2.25. The van der Waals surface area contributed by atoms with Gasteiger partial charge in [-0.2, -0.15) is 0 Å². The second kappa shape index (κ2) is 5.53. The van der Waals surface area contributed by atoms with Gasteiger partial charge in [0.2, 0.25) is 0 Å². The number of hydrogen-bond acceptors (Lipinski definition) is 5. The Morgan fingerprint density at radius 3 is 2.77 bits per heavy atom. The van der Waals surface area contributed by atoms with Crippen LogP contribution >= 0.6 is 11.3 Å². The second-order valence-corrected chi connectivity index (χ2v) is 6.51. The minimum Gasteiger partial charge on any atom is -0.478 e. The van der Waals surface area contributed by atoms with E-state index >= 15 is 0 Å². The summed E-state index contributed by atoms with van der Waals surface area (Å²) in [6.45, 7) is 4.18. The van der Waals surface area contributed by atoms with Gasteiger partial charge in [0.05, 0.1) is 16.3 Å². The fourth-order valence-corrected chi connectivity index (χ4v) is 3.03. The molecule has 0 fully saturated rings. The highest BCUT2D eigenvalue weighted by Gasteiger charge is 2.25. The van der Waals surface area contributed by atoms with Gasteiger partial charge in [0.1, 0.15) is 5.69 Å². The van der Waals surface area contributed by atoms with Crippen LogP contribution in [0.15, 0.2) is 23.1 Å². The first-order chi connectivity index (χ1) is 10.5. The summed E-state index contributed by atoms with van der Waals surface area (Å²) in [6, 6.07) is 4.27. The van der Waals surface area contributed by atoms with Crippen LogP contribution in [0, 0.1) is 0 Å². The van der Waals surface area contributed by atoms with Crippen molar-refractivity contribution in [1.82, 2.24) is 9.97 Å². The number of carboxylic acid groups (broad SMARTS) is 1. The molecule has 114 valence electrons. The van der Waals surface area contributed by atoms with Gasteiger partial charge >= 0.3 is 5.97 Å². The average molecular weight is 315 g/mol. The Morgan fingerprint density at radius 1 is 1.41 bits per heavy atom. The summed E-state index contributed by atoms with van der Waals surface area (Å²) in [4.78, 5) is 23.7. The maximum atomic E-state index is 11.2. The SMILES string of the molecule is CC(C)N(C)c1nc2c(nc1-c1cccs1)C=C(C(=O)O)C2. The van der Waals surface area contributed by atoms with Gasteiger partial charge in [0.25, 0.3) is 0 Å². The van der Waals surface area contributed by atoms with Crippen LogP contribution in [0.1, 0.15) is 25.2 Å². The molecule has 6 heteroatoms. The average Bonchev–Trinajstić information content (AvgIpc) is 3.13. The standard InChI is InChI=1S/C16H17N3O2S/c1-9(2)19(3)15-14(13-5-4-6-22-13)17-11-7-10(16(20)21)8-12(11)18-15/h4-7,9H,8H2,1-3H3,(H,20,21). The number of anilines is 1. The van der Waals surface area contributed by atoms with Crippen molar-refractivity contribution in [2.75, 3.05) is 11.9 Å². The zero-order valence-corrected chi connectivity index (χ0v) is 13.5. The number of aliphatic carboxylic acids is 1. The largest absolute Gasteiger partial charge is 0.478 e.